The van der Waals surface area contributed by atoms with Gasteiger partial charge in [0.2, 0.25) is 0 Å². The zero-order valence-electron chi connectivity index (χ0n) is 11.2. The van der Waals surface area contributed by atoms with Gasteiger partial charge in [-0.3, -0.25) is 4.40 Å². The molecular weight excluding hydrogens is 224 g/mol. The summed E-state index contributed by atoms with van der Waals surface area (Å²) in [5.74, 6) is 0.988. The zero-order valence-corrected chi connectivity index (χ0v) is 11.2. The molecule has 4 heteroatoms. The molecule has 0 aromatic carbocycles. The van der Waals surface area contributed by atoms with Gasteiger partial charge in [-0.1, -0.05) is 13.0 Å². The van der Waals surface area contributed by atoms with Crippen molar-refractivity contribution < 1.29 is 0 Å². The third-order valence-electron chi connectivity index (χ3n) is 4.31. The SMILES string of the molecule is CC(NC(C)C1(C)CC1)c1nnc2ccccn12. The highest BCUT2D eigenvalue weighted by Gasteiger charge is 2.42. The van der Waals surface area contributed by atoms with Gasteiger partial charge in [-0.05, 0) is 44.2 Å². The van der Waals surface area contributed by atoms with E-state index in [1.165, 1.54) is 12.8 Å². The Morgan fingerprint density at radius 1 is 1.28 bits per heavy atom. The molecule has 2 atom stereocenters. The van der Waals surface area contributed by atoms with Gasteiger partial charge >= 0.3 is 0 Å². The second kappa shape index (κ2) is 4.05. The summed E-state index contributed by atoms with van der Waals surface area (Å²) >= 11 is 0. The summed E-state index contributed by atoms with van der Waals surface area (Å²) in [6, 6.07) is 6.71. The van der Waals surface area contributed by atoms with Crippen molar-refractivity contribution in [1.82, 2.24) is 19.9 Å². The summed E-state index contributed by atoms with van der Waals surface area (Å²) in [4.78, 5) is 0. The fourth-order valence-corrected chi connectivity index (χ4v) is 2.44. The molecule has 3 rings (SSSR count). The summed E-state index contributed by atoms with van der Waals surface area (Å²) in [7, 11) is 0. The number of nitrogens with zero attached hydrogens (tertiary/aromatic N) is 3. The summed E-state index contributed by atoms with van der Waals surface area (Å²) < 4.78 is 2.06. The smallest absolute Gasteiger partial charge is 0.160 e. The molecule has 0 radical (unpaired) electrons. The van der Waals surface area contributed by atoms with Crippen LogP contribution in [0.2, 0.25) is 0 Å². The van der Waals surface area contributed by atoms with Crippen LogP contribution in [0.5, 0.6) is 0 Å². The number of aromatic nitrogens is 3. The van der Waals surface area contributed by atoms with E-state index in [0.29, 0.717) is 11.5 Å². The molecule has 2 unspecified atom stereocenters. The van der Waals surface area contributed by atoms with Gasteiger partial charge in [0, 0.05) is 12.2 Å². The minimum Gasteiger partial charge on any atom is -0.304 e. The van der Waals surface area contributed by atoms with Gasteiger partial charge in [-0.25, -0.2) is 0 Å². The minimum absolute atomic E-state index is 0.217. The van der Waals surface area contributed by atoms with E-state index in [1.807, 2.05) is 24.4 Å². The predicted molar refractivity (Wildman–Crippen MR) is 71.3 cm³/mol. The Bertz CT molecular complexity index is 556. The van der Waals surface area contributed by atoms with E-state index < -0.39 is 0 Å². The Morgan fingerprint density at radius 3 is 2.78 bits per heavy atom. The first-order chi connectivity index (χ1) is 8.60. The average molecular weight is 244 g/mol. The lowest BCUT2D eigenvalue weighted by molar-refractivity contribution is 0.343. The van der Waals surface area contributed by atoms with E-state index in [1.54, 1.807) is 0 Å². The first kappa shape index (κ1) is 11.7. The maximum absolute atomic E-state index is 4.30. The fourth-order valence-electron chi connectivity index (χ4n) is 2.44. The third kappa shape index (κ3) is 1.90. The van der Waals surface area contributed by atoms with Crippen molar-refractivity contribution in [2.75, 3.05) is 0 Å². The monoisotopic (exact) mass is 244 g/mol. The third-order valence-corrected chi connectivity index (χ3v) is 4.31. The molecular formula is C14H20N4. The topological polar surface area (TPSA) is 42.2 Å². The summed E-state index contributed by atoms with van der Waals surface area (Å²) in [6.45, 7) is 6.78. The lowest BCUT2D eigenvalue weighted by Gasteiger charge is -2.24. The summed E-state index contributed by atoms with van der Waals surface area (Å²) in [6.07, 6.45) is 4.68. The Morgan fingerprint density at radius 2 is 2.06 bits per heavy atom. The molecule has 0 saturated heterocycles. The van der Waals surface area contributed by atoms with Gasteiger partial charge in [0.1, 0.15) is 0 Å². The molecule has 18 heavy (non-hydrogen) atoms. The van der Waals surface area contributed by atoms with E-state index in [9.17, 15) is 0 Å². The molecule has 4 nitrogen and oxygen atoms in total. The van der Waals surface area contributed by atoms with Crippen molar-refractivity contribution in [3.05, 3.63) is 30.2 Å². The number of hydrogen-bond donors (Lipinski definition) is 1. The lowest BCUT2D eigenvalue weighted by atomic mass is 10.00. The van der Waals surface area contributed by atoms with E-state index >= 15 is 0 Å². The highest BCUT2D eigenvalue weighted by Crippen LogP contribution is 2.48. The Kier molecular flexibility index (Phi) is 2.63. The van der Waals surface area contributed by atoms with Crippen molar-refractivity contribution in [3.63, 3.8) is 0 Å². The quantitative estimate of drug-likeness (QED) is 0.898. The number of rotatable bonds is 4. The molecule has 2 aromatic heterocycles. The molecule has 1 fully saturated rings. The number of pyridine rings is 1. The van der Waals surface area contributed by atoms with Crippen LogP contribution in [0.4, 0.5) is 0 Å². The normalized spacial score (nSPS) is 20.8. The number of fused-ring (bicyclic) bond motifs is 1. The molecule has 1 aliphatic rings. The highest BCUT2D eigenvalue weighted by molar-refractivity contribution is 5.37. The van der Waals surface area contributed by atoms with Crippen LogP contribution in [0.15, 0.2) is 24.4 Å². The van der Waals surface area contributed by atoms with Crippen LogP contribution in [0.3, 0.4) is 0 Å². The van der Waals surface area contributed by atoms with Gasteiger partial charge in [0.05, 0.1) is 6.04 Å². The number of hydrogen-bond acceptors (Lipinski definition) is 3. The molecule has 1 saturated carbocycles. The van der Waals surface area contributed by atoms with Crippen molar-refractivity contribution >= 4 is 5.65 Å². The van der Waals surface area contributed by atoms with Crippen LogP contribution in [-0.4, -0.2) is 20.6 Å². The average Bonchev–Trinajstić information content (AvgIpc) is 2.97. The maximum Gasteiger partial charge on any atom is 0.160 e. The molecule has 0 amide bonds. The van der Waals surface area contributed by atoms with Gasteiger partial charge in [-0.2, -0.15) is 0 Å². The minimum atomic E-state index is 0.217. The zero-order chi connectivity index (χ0) is 12.8. The van der Waals surface area contributed by atoms with Crippen LogP contribution >= 0.6 is 0 Å². The van der Waals surface area contributed by atoms with Crippen LogP contribution in [0.25, 0.3) is 5.65 Å². The molecule has 96 valence electrons. The molecule has 0 aliphatic heterocycles. The first-order valence-corrected chi connectivity index (χ1v) is 6.66. The van der Waals surface area contributed by atoms with E-state index in [0.717, 1.165) is 11.5 Å². The second-order valence-electron chi connectivity index (χ2n) is 5.75. The van der Waals surface area contributed by atoms with E-state index in [2.05, 4.69) is 40.7 Å². The van der Waals surface area contributed by atoms with Crippen molar-refractivity contribution in [1.29, 1.82) is 0 Å². The van der Waals surface area contributed by atoms with Crippen LogP contribution < -0.4 is 5.32 Å². The predicted octanol–water partition coefficient (Wildman–Crippen LogP) is 2.57. The van der Waals surface area contributed by atoms with Gasteiger partial charge < -0.3 is 5.32 Å². The van der Waals surface area contributed by atoms with Crippen LogP contribution in [-0.2, 0) is 0 Å². The van der Waals surface area contributed by atoms with Gasteiger partial charge in [-0.15, -0.1) is 10.2 Å². The largest absolute Gasteiger partial charge is 0.304 e. The Hall–Kier alpha value is -1.42. The lowest BCUT2D eigenvalue weighted by Crippen LogP contribution is -2.36. The Balaban J connectivity index is 1.81. The summed E-state index contributed by atoms with van der Waals surface area (Å²) in [5, 5.41) is 12.2. The van der Waals surface area contributed by atoms with E-state index in [4.69, 9.17) is 0 Å². The fraction of sp³-hybridized carbons (Fsp3) is 0.571. The molecule has 0 bridgehead atoms. The standard InChI is InChI=1S/C14H20N4/c1-10(15-11(2)14(3)7-8-14)13-17-16-12-6-4-5-9-18(12)13/h4-6,9-11,15H,7-8H2,1-3H3. The van der Waals surface area contributed by atoms with E-state index in [-0.39, 0.29) is 6.04 Å². The van der Waals surface area contributed by atoms with Crippen molar-refractivity contribution in [2.24, 2.45) is 5.41 Å². The Labute approximate surface area is 107 Å². The van der Waals surface area contributed by atoms with Crippen LogP contribution in [0.1, 0.15) is 45.5 Å². The number of nitrogens with one attached hydrogen (secondary N) is 1. The second-order valence-corrected chi connectivity index (χ2v) is 5.75. The molecule has 0 spiro atoms. The van der Waals surface area contributed by atoms with Crippen molar-refractivity contribution in [3.8, 4) is 0 Å². The molecule has 2 heterocycles. The van der Waals surface area contributed by atoms with Gasteiger partial charge in [0.15, 0.2) is 11.5 Å². The maximum atomic E-state index is 4.30. The molecule has 1 N–H and O–H groups in total. The van der Waals surface area contributed by atoms with Crippen LogP contribution in [0, 0.1) is 5.41 Å². The highest BCUT2D eigenvalue weighted by atomic mass is 15.3. The molecule has 1 aliphatic carbocycles. The first-order valence-electron chi connectivity index (χ1n) is 6.66. The van der Waals surface area contributed by atoms with Crippen molar-refractivity contribution in [2.45, 2.75) is 45.7 Å². The summed E-state index contributed by atoms with van der Waals surface area (Å²) in [5.41, 5.74) is 1.39. The van der Waals surface area contributed by atoms with Gasteiger partial charge in [0.25, 0.3) is 0 Å². The molecule has 2 aromatic rings.